The Hall–Kier alpha value is -10.8. The normalized spacial score (nSPS) is 12.4. The number of ether oxygens (including phenoxy) is 1. The van der Waals surface area contributed by atoms with Crippen LogP contribution in [-0.4, -0.2) is 20.8 Å². The molecule has 0 saturated carbocycles. The van der Waals surface area contributed by atoms with Crippen LogP contribution in [0.1, 0.15) is 26.3 Å². The van der Waals surface area contributed by atoms with E-state index in [2.05, 4.69) is 330 Å². The number of imidazole rings is 1. The van der Waals surface area contributed by atoms with Gasteiger partial charge in [0.25, 0.3) is 13.0 Å². The number of benzene rings is 12. The van der Waals surface area contributed by atoms with E-state index in [1.165, 1.54) is 33.3 Å². The van der Waals surface area contributed by atoms with E-state index in [9.17, 15) is 0 Å². The van der Waals surface area contributed by atoms with E-state index in [1.807, 2.05) is 24.4 Å². The topological polar surface area (TPSA) is 42.3 Å². The average molecular weight is 1350 g/mol. The molecule has 5 heterocycles. The van der Waals surface area contributed by atoms with Crippen LogP contribution in [0.25, 0.3) is 83.4 Å². The summed E-state index contributed by atoms with van der Waals surface area (Å²) in [6, 6.07) is 109. The van der Waals surface area contributed by atoms with Crippen LogP contribution in [0.5, 0.6) is 11.5 Å². The number of aromatic nitrogens is 4. The molecule has 7 nitrogen and oxygen atoms in total. The number of nitrogens with zero attached hydrogens (tertiary/aromatic N) is 6. The summed E-state index contributed by atoms with van der Waals surface area (Å²) in [5, 5.41) is 2.11. The summed E-state index contributed by atoms with van der Waals surface area (Å²) in [4.78, 5) is 10.0. The van der Waals surface area contributed by atoms with E-state index in [0.717, 1.165) is 106 Å². The fourth-order valence-electron chi connectivity index (χ4n) is 13.8. The van der Waals surface area contributed by atoms with Gasteiger partial charge in [0.2, 0.25) is 0 Å². The molecular weight excluding hydrogens is 1290 g/mol. The monoisotopic (exact) mass is 1350 g/mol. The van der Waals surface area contributed by atoms with Gasteiger partial charge in [-0.1, -0.05) is 214 Å². The van der Waals surface area contributed by atoms with Crippen LogP contribution in [0.2, 0.25) is 0 Å². The molecule has 0 spiro atoms. The van der Waals surface area contributed by atoms with E-state index >= 15 is 0 Å². The molecule has 0 fully saturated rings. The maximum Gasteiger partial charge on any atom is 0.268 e. The first-order valence-electron chi connectivity index (χ1n) is 30.7. The molecule has 91 heavy (non-hydrogen) atoms. The van der Waals surface area contributed by atoms with Gasteiger partial charge < -0.3 is 23.7 Å². The molecule has 17 rings (SSSR count). The van der Waals surface area contributed by atoms with Crippen molar-refractivity contribution < 1.29 is 30.4 Å². The third-order valence-electron chi connectivity index (χ3n) is 17.9. The summed E-state index contributed by atoms with van der Waals surface area (Å²) in [5.74, 6) is 1.91. The average Bonchev–Trinajstić information content (AvgIpc) is 1.61. The fraction of sp³-hybridized carbons (Fsp3) is 0.0488. The molecule has 0 atom stereocenters. The first-order valence-corrected chi connectivity index (χ1v) is 30.7. The number of hydrogen-bond acceptors (Lipinski definition) is 4. The third kappa shape index (κ3) is 9.39. The Bertz CT molecular complexity index is 5120. The second-order valence-corrected chi connectivity index (χ2v) is 24.3. The minimum Gasteiger partial charge on any atom is -0.510 e. The standard InChI is InChI=1S/C82H57BN6O.Pt/c1-82(2,3)59-46-47-84-79(51-59)89-71-45-42-57(58-49-77-80-78(50-58)88(61-30-14-7-15-31-61)73-39-19-17-37-70(73)83(80)69-36-16-18-38-72(69)87(77)60-28-12-6-13-29-60)48-68(71)67-44-43-64(53-76(67)89)90-63-33-22-32-62(52-63)85-54-86(75-41-21-20-40-74(75)85)81-65(55-24-8-4-9-25-55)34-23-35-66(81)56-26-10-5-11-27-56;/h4-51H,1-3H3;/q-2;. The van der Waals surface area contributed by atoms with Crippen LogP contribution >= 0.6 is 0 Å². The number of para-hydroxylation sites is 7. The van der Waals surface area contributed by atoms with Gasteiger partial charge in [0, 0.05) is 78.4 Å². The van der Waals surface area contributed by atoms with Gasteiger partial charge in [-0.15, -0.1) is 29.7 Å². The Labute approximate surface area is 544 Å². The maximum atomic E-state index is 6.91. The third-order valence-corrected chi connectivity index (χ3v) is 17.9. The van der Waals surface area contributed by atoms with Gasteiger partial charge in [0.05, 0.1) is 16.7 Å². The van der Waals surface area contributed by atoms with Crippen molar-refractivity contribution >= 4 is 90.1 Å². The molecule has 0 radical (unpaired) electrons. The van der Waals surface area contributed by atoms with Crippen molar-refractivity contribution in [1.82, 2.24) is 14.1 Å². The Morgan fingerprint density at radius 3 is 1.66 bits per heavy atom. The molecular formula is C82H57BN6OPt-2. The molecule has 0 bridgehead atoms. The van der Waals surface area contributed by atoms with Crippen molar-refractivity contribution in [2.75, 3.05) is 9.80 Å². The van der Waals surface area contributed by atoms with E-state index < -0.39 is 0 Å². The van der Waals surface area contributed by atoms with Crippen LogP contribution < -0.4 is 35.5 Å². The van der Waals surface area contributed by atoms with Gasteiger partial charge in [0.15, 0.2) is 0 Å². The SMILES string of the molecule is CC(C)(C)c1ccnc(-n2c3[c-]c(Oc4[c-]c(-n5[c-][n+](-c6c(-c7ccccc7)cccc6-c6ccccc6)c6ccccc65)ccc4)ccc3c3cc(-c4cc5c6c(c4)N(c4ccccc4)c4ccccc4B6c4ccccc4N5c4ccccc4)ccc32)c1.[Pt]. The molecule has 2 aliphatic rings. The molecule has 0 unspecified atom stereocenters. The molecule has 2 aliphatic heterocycles. The largest absolute Gasteiger partial charge is 0.510 e. The van der Waals surface area contributed by atoms with Crippen LogP contribution in [-0.2, 0) is 26.5 Å². The maximum absolute atomic E-state index is 6.91. The summed E-state index contributed by atoms with van der Waals surface area (Å²) in [7, 11) is 0. The van der Waals surface area contributed by atoms with Crippen molar-refractivity contribution in [3.05, 3.63) is 315 Å². The van der Waals surface area contributed by atoms with Crippen molar-refractivity contribution in [3.63, 3.8) is 0 Å². The Balaban J connectivity index is 0.00000661. The number of hydrogen-bond donors (Lipinski definition) is 0. The van der Waals surface area contributed by atoms with E-state index in [-0.39, 0.29) is 33.2 Å². The van der Waals surface area contributed by atoms with Crippen molar-refractivity contribution in [2.24, 2.45) is 0 Å². The molecule has 15 aromatic rings. The summed E-state index contributed by atoms with van der Waals surface area (Å²) >= 11 is 0. The summed E-state index contributed by atoms with van der Waals surface area (Å²) in [6.45, 7) is 6.75. The fourth-order valence-corrected chi connectivity index (χ4v) is 13.8. The van der Waals surface area contributed by atoms with E-state index in [0.29, 0.717) is 11.5 Å². The van der Waals surface area contributed by atoms with E-state index in [4.69, 9.17) is 9.72 Å². The number of fused-ring (bicyclic) bond motifs is 8. The summed E-state index contributed by atoms with van der Waals surface area (Å²) < 4.78 is 13.4. The van der Waals surface area contributed by atoms with Crippen molar-refractivity contribution in [3.8, 4) is 62.1 Å². The molecule has 0 saturated heterocycles. The van der Waals surface area contributed by atoms with Crippen LogP contribution in [0.4, 0.5) is 34.1 Å². The van der Waals surface area contributed by atoms with Gasteiger partial charge in [-0.3, -0.25) is 4.57 Å². The van der Waals surface area contributed by atoms with Crippen molar-refractivity contribution in [1.29, 1.82) is 0 Å². The first-order chi connectivity index (χ1) is 44.3. The van der Waals surface area contributed by atoms with Crippen molar-refractivity contribution in [2.45, 2.75) is 26.2 Å². The Morgan fingerprint density at radius 2 is 1.02 bits per heavy atom. The molecule has 9 heteroatoms. The second kappa shape index (κ2) is 22.4. The smallest absolute Gasteiger partial charge is 0.268 e. The van der Waals surface area contributed by atoms with Gasteiger partial charge >= 0.3 is 0 Å². The molecule has 0 amide bonds. The predicted octanol–water partition coefficient (Wildman–Crippen LogP) is 18.0. The zero-order valence-electron chi connectivity index (χ0n) is 50.2. The Morgan fingerprint density at radius 1 is 0.451 bits per heavy atom. The van der Waals surface area contributed by atoms with E-state index in [1.54, 1.807) is 0 Å². The van der Waals surface area contributed by atoms with Crippen LogP contribution in [0.3, 0.4) is 0 Å². The first kappa shape index (κ1) is 55.5. The quantitative estimate of drug-likeness (QED) is 0.0777. The van der Waals surface area contributed by atoms with Gasteiger partial charge in [-0.2, -0.15) is 18.2 Å². The molecule has 12 aromatic carbocycles. The molecule has 0 N–H and O–H groups in total. The molecule has 436 valence electrons. The van der Waals surface area contributed by atoms with Gasteiger partial charge in [-0.25, -0.2) is 4.98 Å². The Kier molecular flexibility index (Phi) is 13.6. The molecule has 0 aliphatic carbocycles. The second-order valence-electron chi connectivity index (χ2n) is 24.3. The minimum absolute atomic E-state index is 0. The van der Waals surface area contributed by atoms with Gasteiger partial charge in [0.1, 0.15) is 5.82 Å². The number of rotatable bonds is 10. The number of pyridine rings is 1. The van der Waals surface area contributed by atoms with Gasteiger partial charge in [-0.05, 0) is 139 Å². The predicted molar refractivity (Wildman–Crippen MR) is 369 cm³/mol. The minimum atomic E-state index is -0.117. The molecule has 3 aromatic heterocycles. The zero-order valence-corrected chi connectivity index (χ0v) is 52.5. The van der Waals surface area contributed by atoms with Crippen LogP contribution in [0, 0.1) is 18.5 Å². The number of anilines is 6. The summed E-state index contributed by atoms with van der Waals surface area (Å²) in [6.07, 6.45) is 5.73. The van der Waals surface area contributed by atoms with Crippen LogP contribution in [0.15, 0.2) is 291 Å². The zero-order chi connectivity index (χ0) is 60.0. The summed E-state index contributed by atoms with van der Waals surface area (Å²) in [5.41, 5.74) is 24.1.